The highest BCUT2D eigenvalue weighted by Gasteiger charge is 2.36. The van der Waals surface area contributed by atoms with Gasteiger partial charge in [-0.3, -0.25) is 43.3 Å². The van der Waals surface area contributed by atoms with Crippen LogP contribution >= 0.6 is 68.0 Å². The minimum atomic E-state index is -1.11. The molecule has 89 heavy (non-hydrogen) atoms. The molecule has 4 atom stereocenters. The summed E-state index contributed by atoms with van der Waals surface area (Å²) < 4.78 is 5.50. The number of ether oxygens (including phenoxy) is 1. The normalized spacial score (nSPS) is 18.8. The molecule has 10 rings (SSSR count). The predicted octanol–water partition coefficient (Wildman–Crippen LogP) is 9.97. The molecule has 1 saturated carbocycles. The lowest BCUT2D eigenvalue weighted by atomic mass is 9.81. The van der Waals surface area contributed by atoms with Gasteiger partial charge in [0.25, 0.3) is 11.8 Å². The monoisotopic (exact) mass is 1320 g/mol. The number of hydrogen-bond donors (Lipinski definition) is 6. The zero-order valence-electron chi connectivity index (χ0n) is 49.1. The summed E-state index contributed by atoms with van der Waals surface area (Å²) in [5.74, 6) is -6.51. The second-order valence-electron chi connectivity index (χ2n) is 21.8. The number of fused-ring (bicyclic) bond motifs is 14. The molecule has 464 valence electrons. The van der Waals surface area contributed by atoms with Crippen molar-refractivity contribution in [2.24, 2.45) is 17.8 Å². The summed E-state index contributed by atoms with van der Waals surface area (Å²) in [7, 11) is 2.98. The average Bonchev–Trinajstić information content (AvgIpc) is 2.61. The van der Waals surface area contributed by atoms with Crippen LogP contribution in [0.1, 0.15) is 151 Å². The number of benzene rings is 1. The number of carbonyl (C=O) groups excluding carboxylic acids is 6. The molecular formula is C60H62N12O11S6. The average molecular weight is 1320 g/mol. The molecule has 6 N–H and O–H groups in total. The second kappa shape index (κ2) is 28.3. The molecule has 0 saturated heterocycles. The van der Waals surface area contributed by atoms with Crippen molar-refractivity contribution in [3.05, 3.63) is 111 Å². The van der Waals surface area contributed by atoms with Crippen LogP contribution in [0.3, 0.4) is 0 Å². The maximum absolute atomic E-state index is 14.4. The highest BCUT2D eigenvalue weighted by molar-refractivity contribution is 7.15. The van der Waals surface area contributed by atoms with Gasteiger partial charge in [0.15, 0.2) is 5.78 Å². The van der Waals surface area contributed by atoms with E-state index in [2.05, 4.69) is 21.3 Å². The van der Waals surface area contributed by atoms with E-state index in [-0.39, 0.29) is 78.8 Å². The number of carbonyl (C=O) groups is 8. The van der Waals surface area contributed by atoms with Gasteiger partial charge in [-0.25, -0.2) is 34.9 Å². The molecule has 8 aromatic rings. The van der Waals surface area contributed by atoms with Gasteiger partial charge in [-0.1, -0.05) is 51.1 Å². The van der Waals surface area contributed by atoms with Crippen molar-refractivity contribution in [1.29, 1.82) is 0 Å². The zero-order valence-corrected chi connectivity index (χ0v) is 54.0. The first-order valence-electron chi connectivity index (χ1n) is 28.5. The lowest BCUT2D eigenvalue weighted by molar-refractivity contribution is -0.144. The first-order valence-corrected chi connectivity index (χ1v) is 33.7. The number of pyridine rings is 1. The van der Waals surface area contributed by atoms with E-state index in [0.29, 0.717) is 93.8 Å². The van der Waals surface area contributed by atoms with Crippen LogP contribution in [0.25, 0.3) is 43.4 Å². The van der Waals surface area contributed by atoms with Crippen molar-refractivity contribution >= 4 is 121 Å². The number of aromatic nitrogens is 7. The van der Waals surface area contributed by atoms with E-state index in [1.54, 1.807) is 29.8 Å². The Kier molecular flexibility index (Phi) is 20.4. The summed E-state index contributed by atoms with van der Waals surface area (Å²) in [4.78, 5) is 145. The van der Waals surface area contributed by atoms with Crippen LogP contribution in [0.2, 0.25) is 0 Å². The van der Waals surface area contributed by atoms with Gasteiger partial charge in [-0.15, -0.1) is 68.0 Å². The van der Waals surface area contributed by atoms with E-state index >= 15 is 0 Å². The highest BCUT2D eigenvalue weighted by atomic mass is 32.1. The quantitative estimate of drug-likeness (QED) is 0.0589. The minimum absolute atomic E-state index is 0.0204. The van der Waals surface area contributed by atoms with E-state index in [4.69, 9.17) is 39.6 Å². The lowest BCUT2D eigenvalue weighted by Gasteiger charge is -2.29. The lowest BCUT2D eigenvalue weighted by Crippen LogP contribution is -2.40. The number of Topliss-reactive ketones (excluding diaryl/α,β-unsaturated/α-hetero) is 1. The molecule has 0 radical (unpaired) electrons. The Morgan fingerprint density at radius 2 is 1.39 bits per heavy atom. The van der Waals surface area contributed by atoms with Crippen LogP contribution in [0.5, 0.6) is 0 Å². The number of carboxylic acids is 2. The van der Waals surface area contributed by atoms with Gasteiger partial charge in [0.05, 0.1) is 59.6 Å². The fourth-order valence-corrected chi connectivity index (χ4v) is 16.2. The van der Waals surface area contributed by atoms with Crippen molar-refractivity contribution < 1.29 is 53.3 Å². The Bertz CT molecular complexity index is 3960. The molecule has 23 nitrogen and oxygen atoms in total. The van der Waals surface area contributed by atoms with Crippen LogP contribution < -0.4 is 26.2 Å². The summed E-state index contributed by atoms with van der Waals surface area (Å²) >= 11 is 7.41. The third-order valence-corrected chi connectivity index (χ3v) is 21.2. The number of carboxylic acid groups (broad SMARTS) is 2. The molecule has 29 heteroatoms. The molecule has 1 aromatic carbocycles. The number of nitrogens with zero attached hydrogens (tertiary/aromatic N) is 8. The number of nitrogens with one attached hydrogen (secondary N) is 4. The standard InChI is InChI=1S/C60H62N12O11S6/c1-28(2)35-20-41(73)48-30(4)88-57(70-48)37(21-44(74)61-5)64-51(78)39-25-84-53(66-39)34-16-17-36(55-68-43(27-87-55)72(19-18-46(76)77)59(80)32-12-14-33(15-13-32)60(81)82)63-49(34)38-24-85-56(65-38)40-26-86-58(67-40)47(29(3)31-10-8-7-9-11-31)69-45(75)22-62-52(79)50-42(23-83-6)89-54(35)71-50/h7-11,16-17,24-29,32-33,35,37,47H,12-15,18-23H2,1-6H3,(H,61,74)(H,62,79)(H,64,78)(H,69,75)(H,76,77)(H,81,82)/t29-,32?,33?,35?,37-,47-/m0/s1. The molecule has 2 aliphatic rings. The van der Waals surface area contributed by atoms with Crippen LogP contribution in [-0.2, 0) is 35.3 Å². The number of hydrogen-bond acceptors (Lipinski definition) is 22. The summed E-state index contributed by atoms with van der Waals surface area (Å²) in [5.41, 5.74) is 3.31. The summed E-state index contributed by atoms with van der Waals surface area (Å²) in [6.07, 6.45) is 0.715. The van der Waals surface area contributed by atoms with Gasteiger partial charge in [0, 0.05) is 76.8 Å². The molecule has 7 aromatic heterocycles. The topological polar surface area (TPSA) is 328 Å². The molecular weight excluding hydrogens is 1260 g/mol. The third kappa shape index (κ3) is 14.7. The molecule has 0 spiro atoms. The number of anilines is 1. The zero-order chi connectivity index (χ0) is 63.2. The highest BCUT2D eigenvalue weighted by Crippen LogP contribution is 2.42. The SMILES string of the molecule is CNC(=O)C[C@@H]1NC(=O)c2csc(n2)-c2ccc(-c3nc(N(CCC(=O)O)C(=O)C4CCC(C(=O)O)CC4)cs3)nc2-c2csc(n2)-c2csc(n2)[C@H]([C@@H](C)c2ccccc2)NC(=O)CNC(=O)c2nc(sc2COC)C(C(C)C)CC(=O)c2nc1sc2C. The predicted molar refractivity (Wildman–Crippen MR) is 340 cm³/mol. The van der Waals surface area contributed by atoms with Crippen molar-refractivity contribution in [1.82, 2.24) is 56.2 Å². The summed E-state index contributed by atoms with van der Waals surface area (Å²) in [5, 5.41) is 40.4. The van der Waals surface area contributed by atoms with Crippen LogP contribution in [-0.4, -0.2) is 120 Å². The smallest absolute Gasteiger partial charge is 0.306 e. The van der Waals surface area contributed by atoms with Gasteiger partial charge in [0.1, 0.15) is 65.0 Å². The number of thiazole rings is 6. The van der Waals surface area contributed by atoms with E-state index in [1.165, 1.54) is 87.1 Å². The van der Waals surface area contributed by atoms with Crippen LogP contribution in [0.15, 0.2) is 64.0 Å². The fraction of sp³-hybridized carbons (Fsp3) is 0.383. The summed E-state index contributed by atoms with van der Waals surface area (Å²) in [6.45, 7) is 7.11. The molecule has 1 fully saturated rings. The Labute approximate surface area is 534 Å². The molecule has 5 amide bonds. The largest absolute Gasteiger partial charge is 0.481 e. The van der Waals surface area contributed by atoms with Gasteiger partial charge in [0.2, 0.25) is 17.7 Å². The number of ketones is 1. The minimum Gasteiger partial charge on any atom is -0.481 e. The van der Waals surface area contributed by atoms with E-state index in [1.807, 2.05) is 61.9 Å². The first kappa shape index (κ1) is 64.1. The molecule has 1 unspecified atom stereocenters. The molecule has 8 heterocycles. The Balaban J connectivity index is 1.05. The van der Waals surface area contributed by atoms with E-state index in [0.717, 1.165) is 5.56 Å². The van der Waals surface area contributed by atoms with Gasteiger partial charge in [-0.2, -0.15) is 0 Å². The Morgan fingerprint density at radius 3 is 2.11 bits per heavy atom. The maximum Gasteiger partial charge on any atom is 0.306 e. The number of rotatable bonds is 14. The van der Waals surface area contributed by atoms with Gasteiger partial charge in [-0.05, 0) is 56.2 Å². The van der Waals surface area contributed by atoms with Crippen molar-refractivity contribution in [3.8, 4) is 43.4 Å². The number of methoxy groups -OCH3 is 1. The third-order valence-electron chi connectivity index (χ3n) is 15.5. The molecule has 1 aliphatic carbocycles. The second-order valence-corrected chi connectivity index (χ2v) is 27.6. The summed E-state index contributed by atoms with van der Waals surface area (Å²) in [6, 6.07) is 11.5. The van der Waals surface area contributed by atoms with Crippen LogP contribution in [0.4, 0.5) is 5.82 Å². The fourth-order valence-electron chi connectivity index (χ4n) is 10.5. The Morgan fingerprint density at radius 1 is 0.708 bits per heavy atom. The molecule has 1 aliphatic heterocycles. The van der Waals surface area contributed by atoms with Crippen LogP contribution in [0, 0.1) is 24.7 Å². The van der Waals surface area contributed by atoms with Gasteiger partial charge < -0.3 is 36.2 Å². The van der Waals surface area contributed by atoms with Crippen molar-refractivity contribution in [2.45, 2.75) is 103 Å². The Hall–Kier alpha value is -7.93. The first-order chi connectivity index (χ1) is 42.8. The number of amides is 5. The number of aryl methyl sites for hydroxylation is 1. The molecule has 10 bridgehead atoms. The maximum atomic E-state index is 14.4. The van der Waals surface area contributed by atoms with Gasteiger partial charge >= 0.3 is 11.9 Å². The van der Waals surface area contributed by atoms with Crippen molar-refractivity contribution in [2.75, 3.05) is 32.1 Å². The van der Waals surface area contributed by atoms with E-state index in [9.17, 15) is 48.6 Å². The van der Waals surface area contributed by atoms with Crippen molar-refractivity contribution in [3.63, 3.8) is 0 Å². The van der Waals surface area contributed by atoms with E-state index < -0.39 is 71.9 Å². The number of aliphatic carboxylic acids is 2.